The lowest BCUT2D eigenvalue weighted by Crippen LogP contribution is -2.47. The Labute approximate surface area is 118 Å². The minimum atomic E-state index is -0.118. The van der Waals surface area contributed by atoms with Crippen LogP contribution in [0.15, 0.2) is 18.3 Å². The van der Waals surface area contributed by atoms with Crippen LogP contribution in [0, 0.1) is 11.8 Å². The summed E-state index contributed by atoms with van der Waals surface area (Å²) in [4.78, 5) is 18.7. The normalized spacial score (nSPS) is 28.5. The first kappa shape index (κ1) is 12.9. The second-order valence-electron chi connectivity index (χ2n) is 5.96. The van der Waals surface area contributed by atoms with Gasteiger partial charge in [0.1, 0.15) is 5.69 Å². The number of hydrogen-bond acceptors (Lipinski definition) is 3. The monoisotopic (exact) mass is 279 g/mol. The van der Waals surface area contributed by atoms with Gasteiger partial charge < -0.3 is 10.2 Å². The van der Waals surface area contributed by atoms with Gasteiger partial charge in [0.2, 0.25) is 0 Å². The van der Waals surface area contributed by atoms with E-state index in [2.05, 4.69) is 24.1 Å². The molecule has 0 aromatic carbocycles. The van der Waals surface area contributed by atoms with Crippen LogP contribution in [0.2, 0.25) is 5.02 Å². The number of pyridine rings is 1. The van der Waals surface area contributed by atoms with Crippen LogP contribution in [0.3, 0.4) is 0 Å². The molecule has 1 aromatic heterocycles. The summed E-state index contributed by atoms with van der Waals surface area (Å²) in [5.74, 6) is 1.10. The number of aromatic nitrogens is 1. The third-order valence-electron chi connectivity index (χ3n) is 4.55. The minimum Gasteiger partial charge on any atom is -0.332 e. The summed E-state index contributed by atoms with van der Waals surface area (Å²) in [5, 5.41) is 3.97. The fourth-order valence-corrected chi connectivity index (χ4v) is 3.52. The van der Waals surface area contributed by atoms with Crippen LogP contribution in [0.4, 0.5) is 0 Å². The summed E-state index contributed by atoms with van der Waals surface area (Å²) in [6.07, 6.45) is 1.53. The Morgan fingerprint density at radius 1 is 1.47 bits per heavy atom. The lowest BCUT2D eigenvalue weighted by molar-refractivity contribution is 0.0597. The van der Waals surface area contributed by atoms with E-state index in [0.717, 1.165) is 19.6 Å². The van der Waals surface area contributed by atoms with Crippen molar-refractivity contribution in [3.8, 4) is 0 Å². The Morgan fingerprint density at radius 3 is 2.89 bits per heavy atom. The first-order valence-corrected chi connectivity index (χ1v) is 7.02. The van der Waals surface area contributed by atoms with E-state index >= 15 is 0 Å². The lowest BCUT2D eigenvalue weighted by atomic mass is 9.85. The number of fused-ring (bicyclic) bond motifs is 1. The maximum Gasteiger partial charge on any atom is 0.272 e. The van der Waals surface area contributed by atoms with E-state index in [1.807, 2.05) is 4.90 Å². The number of rotatable bonds is 1. The second kappa shape index (κ2) is 4.46. The molecule has 0 saturated carbocycles. The third-order valence-corrected chi connectivity index (χ3v) is 4.78. The van der Waals surface area contributed by atoms with Crippen molar-refractivity contribution < 1.29 is 4.79 Å². The zero-order valence-electron chi connectivity index (χ0n) is 11.2. The molecule has 0 bridgehead atoms. The molecule has 4 nitrogen and oxygen atoms in total. The summed E-state index contributed by atoms with van der Waals surface area (Å²) in [5.41, 5.74) is 0.359. The molecule has 2 aliphatic rings. The van der Waals surface area contributed by atoms with Gasteiger partial charge in [-0.2, -0.15) is 0 Å². The highest BCUT2D eigenvalue weighted by atomic mass is 35.5. The molecular formula is C14H18ClN3O. The van der Waals surface area contributed by atoms with Crippen molar-refractivity contribution in [2.24, 2.45) is 11.8 Å². The average Bonchev–Trinajstić information content (AvgIpc) is 2.92. The lowest BCUT2D eigenvalue weighted by Gasteiger charge is -2.35. The molecule has 3 rings (SSSR count). The van der Waals surface area contributed by atoms with Gasteiger partial charge in [0, 0.05) is 31.4 Å². The van der Waals surface area contributed by atoms with E-state index in [1.54, 1.807) is 12.1 Å². The molecule has 1 amide bonds. The Balaban J connectivity index is 1.86. The van der Waals surface area contributed by atoms with Gasteiger partial charge >= 0.3 is 0 Å². The molecule has 2 atom stereocenters. The first-order valence-electron chi connectivity index (χ1n) is 6.64. The third kappa shape index (κ3) is 2.03. The van der Waals surface area contributed by atoms with Crippen LogP contribution in [0.1, 0.15) is 24.3 Å². The van der Waals surface area contributed by atoms with E-state index < -0.39 is 0 Å². The predicted molar refractivity (Wildman–Crippen MR) is 74.2 cm³/mol. The summed E-state index contributed by atoms with van der Waals surface area (Å²) >= 11 is 5.81. The van der Waals surface area contributed by atoms with Crippen LogP contribution < -0.4 is 5.32 Å². The van der Waals surface area contributed by atoms with Crippen LogP contribution in [0.5, 0.6) is 0 Å². The SMILES string of the molecule is CC1(C)C2CNCC2CN1C(=O)c1ccc(Cl)cn1. The molecular weight excluding hydrogens is 262 g/mol. The number of nitrogens with one attached hydrogen (secondary N) is 1. The van der Waals surface area contributed by atoms with Crippen LogP contribution in [0.25, 0.3) is 0 Å². The van der Waals surface area contributed by atoms with E-state index in [1.165, 1.54) is 6.20 Å². The van der Waals surface area contributed by atoms with Gasteiger partial charge in [-0.15, -0.1) is 0 Å². The van der Waals surface area contributed by atoms with E-state index in [4.69, 9.17) is 11.6 Å². The van der Waals surface area contributed by atoms with E-state index in [9.17, 15) is 4.79 Å². The molecule has 1 N–H and O–H groups in total. The molecule has 5 heteroatoms. The van der Waals surface area contributed by atoms with Gasteiger partial charge in [0.05, 0.1) is 5.02 Å². The average molecular weight is 280 g/mol. The zero-order chi connectivity index (χ0) is 13.6. The highest BCUT2D eigenvalue weighted by Gasteiger charge is 2.51. The topological polar surface area (TPSA) is 45.2 Å². The summed E-state index contributed by atoms with van der Waals surface area (Å²) in [7, 11) is 0. The van der Waals surface area contributed by atoms with E-state index in [0.29, 0.717) is 22.6 Å². The number of likely N-dealkylation sites (tertiary alicyclic amines) is 1. The zero-order valence-corrected chi connectivity index (χ0v) is 11.9. The summed E-state index contributed by atoms with van der Waals surface area (Å²) < 4.78 is 0. The van der Waals surface area contributed by atoms with Crippen molar-refractivity contribution in [2.75, 3.05) is 19.6 Å². The number of hydrogen-bond donors (Lipinski definition) is 1. The second-order valence-corrected chi connectivity index (χ2v) is 6.39. The van der Waals surface area contributed by atoms with Crippen molar-refractivity contribution >= 4 is 17.5 Å². The van der Waals surface area contributed by atoms with E-state index in [-0.39, 0.29) is 11.4 Å². The van der Waals surface area contributed by atoms with Crippen molar-refractivity contribution in [3.05, 3.63) is 29.0 Å². The van der Waals surface area contributed by atoms with Crippen molar-refractivity contribution in [1.82, 2.24) is 15.2 Å². The highest BCUT2D eigenvalue weighted by molar-refractivity contribution is 6.30. The van der Waals surface area contributed by atoms with Crippen molar-refractivity contribution in [3.63, 3.8) is 0 Å². The van der Waals surface area contributed by atoms with Crippen LogP contribution >= 0.6 is 11.6 Å². The molecule has 1 aromatic rings. The van der Waals surface area contributed by atoms with Gasteiger partial charge in [0.15, 0.2) is 0 Å². The molecule has 19 heavy (non-hydrogen) atoms. The van der Waals surface area contributed by atoms with Gasteiger partial charge in [-0.1, -0.05) is 11.6 Å². The van der Waals surface area contributed by atoms with Crippen LogP contribution in [-0.2, 0) is 0 Å². The minimum absolute atomic E-state index is 0.0102. The van der Waals surface area contributed by atoms with Gasteiger partial charge in [-0.25, -0.2) is 4.98 Å². The number of halogens is 1. The molecule has 2 fully saturated rings. The molecule has 102 valence electrons. The highest BCUT2D eigenvalue weighted by Crippen LogP contribution is 2.41. The fraction of sp³-hybridized carbons (Fsp3) is 0.571. The standard InChI is InChI=1S/C14H18ClN3O/c1-14(2)11-7-16-5-9(11)8-18(14)13(19)12-4-3-10(15)6-17-12/h3-4,6,9,11,16H,5,7-8H2,1-2H3. The Bertz CT molecular complexity index is 500. The number of nitrogens with zero attached hydrogens (tertiary/aromatic N) is 2. The van der Waals surface area contributed by atoms with Crippen molar-refractivity contribution in [2.45, 2.75) is 19.4 Å². The Kier molecular flexibility index (Phi) is 3.02. The predicted octanol–water partition coefficient (Wildman–Crippen LogP) is 1.81. The van der Waals surface area contributed by atoms with Gasteiger partial charge in [0.25, 0.3) is 5.91 Å². The molecule has 2 aliphatic heterocycles. The molecule has 0 radical (unpaired) electrons. The smallest absolute Gasteiger partial charge is 0.272 e. The molecule has 2 saturated heterocycles. The fourth-order valence-electron chi connectivity index (χ4n) is 3.41. The Morgan fingerprint density at radius 2 is 2.26 bits per heavy atom. The van der Waals surface area contributed by atoms with Gasteiger partial charge in [-0.05, 0) is 37.8 Å². The summed E-state index contributed by atoms with van der Waals surface area (Å²) in [6.45, 7) is 7.12. The Hall–Kier alpha value is -1.13. The number of carbonyl (C=O) groups excluding carboxylic acids is 1. The van der Waals surface area contributed by atoms with Crippen LogP contribution in [-0.4, -0.2) is 41.0 Å². The molecule has 3 heterocycles. The number of carbonyl (C=O) groups is 1. The molecule has 2 unspecified atom stereocenters. The maximum atomic E-state index is 12.6. The molecule has 0 spiro atoms. The first-order chi connectivity index (χ1) is 9.00. The number of amides is 1. The quantitative estimate of drug-likeness (QED) is 0.853. The largest absolute Gasteiger partial charge is 0.332 e. The van der Waals surface area contributed by atoms with Gasteiger partial charge in [-0.3, -0.25) is 4.79 Å². The van der Waals surface area contributed by atoms with Crippen molar-refractivity contribution in [1.29, 1.82) is 0 Å². The summed E-state index contributed by atoms with van der Waals surface area (Å²) in [6, 6.07) is 3.42. The molecule has 0 aliphatic carbocycles. The maximum absolute atomic E-state index is 12.6.